The maximum Gasteiger partial charge on any atom is 0.273 e. The molecule has 6 heteroatoms. The molecule has 0 spiro atoms. The summed E-state index contributed by atoms with van der Waals surface area (Å²) in [5.74, 6) is 1.25. The third kappa shape index (κ3) is 5.54. The van der Waals surface area contributed by atoms with Crippen LogP contribution >= 0.6 is 0 Å². The van der Waals surface area contributed by atoms with Crippen molar-refractivity contribution < 1.29 is 9.53 Å². The van der Waals surface area contributed by atoms with E-state index in [9.17, 15) is 4.79 Å². The minimum absolute atomic E-state index is 0.0418. The molecule has 3 aromatic rings. The van der Waals surface area contributed by atoms with E-state index in [1.165, 1.54) is 6.33 Å². The normalized spacial score (nSPS) is 10.6. The smallest absolute Gasteiger partial charge is 0.273 e. The van der Waals surface area contributed by atoms with Gasteiger partial charge >= 0.3 is 0 Å². The third-order valence-corrected chi connectivity index (χ3v) is 4.40. The molecule has 1 aromatic heterocycles. The van der Waals surface area contributed by atoms with E-state index < -0.39 is 0 Å². The first-order valence-electron chi connectivity index (χ1n) is 9.73. The van der Waals surface area contributed by atoms with Crippen LogP contribution in [-0.4, -0.2) is 33.4 Å². The number of aromatic nitrogens is 2. The van der Waals surface area contributed by atoms with E-state index in [1.807, 2.05) is 75.4 Å². The molecule has 0 radical (unpaired) electrons. The van der Waals surface area contributed by atoms with Gasteiger partial charge in [-0.25, -0.2) is 9.97 Å². The maximum absolute atomic E-state index is 13.1. The van der Waals surface area contributed by atoms with Crippen LogP contribution in [0.25, 0.3) is 0 Å². The molecule has 1 amide bonds. The summed E-state index contributed by atoms with van der Waals surface area (Å²) in [6.45, 7) is 7.11. The lowest BCUT2D eigenvalue weighted by atomic mass is 10.1. The summed E-state index contributed by atoms with van der Waals surface area (Å²) >= 11 is 0. The predicted molar refractivity (Wildman–Crippen MR) is 114 cm³/mol. The van der Waals surface area contributed by atoms with Crippen LogP contribution < -0.4 is 10.1 Å². The molecule has 3 rings (SSSR count). The zero-order valence-corrected chi connectivity index (χ0v) is 17.0. The number of amides is 1. The largest absolute Gasteiger partial charge is 0.494 e. The fraction of sp³-hybridized carbons (Fsp3) is 0.261. The summed E-state index contributed by atoms with van der Waals surface area (Å²) in [6, 6.07) is 19.3. The Balaban J connectivity index is 1.75. The van der Waals surface area contributed by atoms with E-state index in [0.29, 0.717) is 24.7 Å². The molecule has 2 aromatic carbocycles. The quantitative estimate of drug-likeness (QED) is 0.605. The molecule has 1 N–H and O–H groups in total. The van der Waals surface area contributed by atoms with Crippen molar-refractivity contribution in [3.8, 4) is 5.75 Å². The van der Waals surface area contributed by atoms with Crippen LogP contribution in [0.5, 0.6) is 5.75 Å². The van der Waals surface area contributed by atoms with Crippen molar-refractivity contribution in [3.63, 3.8) is 0 Å². The monoisotopic (exact) mass is 390 g/mol. The Morgan fingerprint density at radius 1 is 1.07 bits per heavy atom. The minimum atomic E-state index is -0.124. The molecular weight excluding hydrogens is 364 g/mol. The number of hydrogen-bond donors (Lipinski definition) is 1. The summed E-state index contributed by atoms with van der Waals surface area (Å²) in [5, 5.41) is 3.21. The molecule has 0 bridgehead atoms. The van der Waals surface area contributed by atoms with E-state index in [4.69, 9.17) is 4.74 Å². The fourth-order valence-electron chi connectivity index (χ4n) is 2.91. The number of rotatable bonds is 8. The molecule has 0 aliphatic carbocycles. The Hall–Kier alpha value is -3.41. The van der Waals surface area contributed by atoms with Crippen molar-refractivity contribution in [2.75, 3.05) is 11.9 Å². The molecule has 6 nitrogen and oxygen atoms in total. The lowest BCUT2D eigenvalue weighted by molar-refractivity contribution is 0.0684. The van der Waals surface area contributed by atoms with E-state index in [0.717, 1.165) is 17.0 Å². The summed E-state index contributed by atoms with van der Waals surface area (Å²) < 4.78 is 5.46. The summed E-state index contributed by atoms with van der Waals surface area (Å²) in [5.41, 5.74) is 2.30. The molecule has 150 valence electrons. The average molecular weight is 390 g/mol. The molecule has 0 fully saturated rings. The first kappa shape index (κ1) is 20.3. The molecule has 0 aliphatic rings. The highest BCUT2D eigenvalue weighted by atomic mass is 16.5. The van der Waals surface area contributed by atoms with Crippen LogP contribution in [0, 0.1) is 0 Å². The van der Waals surface area contributed by atoms with Crippen LogP contribution in [-0.2, 0) is 6.54 Å². The zero-order chi connectivity index (χ0) is 20.6. The molecule has 0 saturated heterocycles. The van der Waals surface area contributed by atoms with Crippen molar-refractivity contribution in [1.29, 1.82) is 0 Å². The number of nitrogens with one attached hydrogen (secondary N) is 1. The van der Waals surface area contributed by atoms with E-state index in [1.54, 1.807) is 11.0 Å². The van der Waals surface area contributed by atoms with Crippen molar-refractivity contribution >= 4 is 17.4 Å². The van der Waals surface area contributed by atoms with Gasteiger partial charge in [0.25, 0.3) is 5.91 Å². The lowest BCUT2D eigenvalue weighted by Gasteiger charge is -2.26. The Morgan fingerprint density at radius 2 is 1.79 bits per heavy atom. The molecule has 0 atom stereocenters. The summed E-state index contributed by atoms with van der Waals surface area (Å²) in [4.78, 5) is 23.3. The number of anilines is 2. The Kier molecular flexibility index (Phi) is 6.79. The summed E-state index contributed by atoms with van der Waals surface area (Å²) in [6.07, 6.45) is 1.41. The number of nitrogens with zero attached hydrogens (tertiary/aromatic N) is 3. The van der Waals surface area contributed by atoms with Gasteiger partial charge in [0.05, 0.1) is 6.61 Å². The van der Waals surface area contributed by atoms with Gasteiger partial charge in [0.15, 0.2) is 0 Å². The Morgan fingerprint density at radius 3 is 2.45 bits per heavy atom. The van der Waals surface area contributed by atoms with Crippen LogP contribution in [0.4, 0.5) is 11.5 Å². The second-order valence-electron chi connectivity index (χ2n) is 6.88. The summed E-state index contributed by atoms with van der Waals surface area (Å²) in [7, 11) is 0. The van der Waals surface area contributed by atoms with Crippen LogP contribution in [0.3, 0.4) is 0 Å². The second kappa shape index (κ2) is 9.68. The van der Waals surface area contributed by atoms with E-state index in [-0.39, 0.29) is 11.9 Å². The average Bonchev–Trinajstić information content (AvgIpc) is 2.74. The van der Waals surface area contributed by atoms with Crippen molar-refractivity contribution in [1.82, 2.24) is 14.9 Å². The van der Waals surface area contributed by atoms with Gasteiger partial charge in [-0.1, -0.05) is 30.3 Å². The Labute approximate surface area is 171 Å². The van der Waals surface area contributed by atoms with Crippen LogP contribution in [0.2, 0.25) is 0 Å². The highest BCUT2D eigenvalue weighted by Crippen LogP contribution is 2.20. The number of ether oxygens (including phenoxy) is 1. The maximum atomic E-state index is 13.1. The SMILES string of the molecule is CCOc1ccc(Nc2cc(C(=O)N(Cc3ccccc3)C(C)C)ncn2)cc1. The van der Waals surface area contributed by atoms with Gasteiger partial charge in [-0.05, 0) is 50.6 Å². The molecule has 29 heavy (non-hydrogen) atoms. The van der Waals surface area contributed by atoms with Gasteiger partial charge in [-0.15, -0.1) is 0 Å². The van der Waals surface area contributed by atoms with Crippen molar-refractivity contribution in [2.24, 2.45) is 0 Å². The van der Waals surface area contributed by atoms with Crippen LogP contribution in [0.15, 0.2) is 67.0 Å². The van der Waals surface area contributed by atoms with Gasteiger partial charge in [0.1, 0.15) is 23.6 Å². The van der Waals surface area contributed by atoms with E-state index >= 15 is 0 Å². The van der Waals surface area contributed by atoms with E-state index in [2.05, 4.69) is 15.3 Å². The first-order valence-corrected chi connectivity index (χ1v) is 9.73. The zero-order valence-electron chi connectivity index (χ0n) is 17.0. The first-order chi connectivity index (χ1) is 14.1. The van der Waals surface area contributed by atoms with Crippen LogP contribution in [0.1, 0.15) is 36.8 Å². The molecule has 1 heterocycles. The molecule has 0 saturated carbocycles. The number of carbonyl (C=O) groups excluding carboxylic acids is 1. The van der Waals surface area contributed by atoms with Gasteiger partial charge < -0.3 is 15.0 Å². The third-order valence-electron chi connectivity index (χ3n) is 4.40. The van der Waals surface area contributed by atoms with Crippen molar-refractivity contribution in [2.45, 2.75) is 33.4 Å². The highest BCUT2D eigenvalue weighted by Gasteiger charge is 2.21. The lowest BCUT2D eigenvalue weighted by Crippen LogP contribution is -2.36. The Bertz CT molecular complexity index is 927. The number of carbonyl (C=O) groups is 1. The highest BCUT2D eigenvalue weighted by molar-refractivity contribution is 5.93. The standard InChI is InChI=1S/C23H26N4O2/c1-4-29-20-12-10-19(11-13-20)26-22-14-21(24-16-25-22)23(28)27(17(2)3)15-18-8-6-5-7-9-18/h5-14,16-17H,4,15H2,1-3H3,(H,24,25,26). The minimum Gasteiger partial charge on any atom is -0.494 e. The number of benzene rings is 2. The fourth-order valence-corrected chi connectivity index (χ4v) is 2.91. The topological polar surface area (TPSA) is 67.3 Å². The van der Waals surface area contributed by atoms with Gasteiger partial charge in [0, 0.05) is 24.3 Å². The van der Waals surface area contributed by atoms with Gasteiger partial charge in [-0.2, -0.15) is 0 Å². The molecule has 0 unspecified atom stereocenters. The van der Waals surface area contributed by atoms with Gasteiger partial charge in [-0.3, -0.25) is 4.79 Å². The van der Waals surface area contributed by atoms with Gasteiger partial charge in [0.2, 0.25) is 0 Å². The molecular formula is C23H26N4O2. The molecule has 0 aliphatic heterocycles. The predicted octanol–water partition coefficient (Wildman–Crippen LogP) is 4.67. The van der Waals surface area contributed by atoms with Crippen molar-refractivity contribution in [3.05, 3.63) is 78.2 Å². The number of hydrogen-bond acceptors (Lipinski definition) is 5. The second-order valence-corrected chi connectivity index (χ2v) is 6.88.